The number of rotatable bonds is 3. The largest absolute Gasteiger partial charge is 1.00 e. The number of amides is 1. The Balaban J connectivity index is 0.00000205. The Labute approximate surface area is 211 Å². The molecule has 0 spiro atoms. The number of β-lactam (4-membered cyclic amide) rings is 1. The topological polar surface area (TPSA) is 80.7 Å². The van der Waals surface area contributed by atoms with Gasteiger partial charge in [-0.1, -0.05) is 48.5 Å². The van der Waals surface area contributed by atoms with E-state index in [9.17, 15) is 19.8 Å². The minimum atomic E-state index is -1.32. The third kappa shape index (κ3) is 3.09. The van der Waals surface area contributed by atoms with E-state index in [0.29, 0.717) is 5.57 Å². The molecule has 2 aromatic rings. The molecule has 1 N–H and O–H groups in total. The Kier molecular flexibility index (Phi) is 5.61. The number of carboxylic acids is 1. The summed E-state index contributed by atoms with van der Waals surface area (Å²) < 4.78 is 0. The Morgan fingerprint density at radius 3 is 2.55 bits per heavy atom. The fourth-order valence-electron chi connectivity index (χ4n) is 5.22. The van der Waals surface area contributed by atoms with Crippen LogP contribution < -0.4 is 56.5 Å². The molecule has 0 radical (unpaired) electrons. The van der Waals surface area contributed by atoms with E-state index >= 15 is 0 Å². The van der Waals surface area contributed by atoms with Gasteiger partial charge in [-0.2, -0.15) is 0 Å². The summed E-state index contributed by atoms with van der Waals surface area (Å²) >= 11 is 0. The number of hydrogen-bond acceptors (Lipinski definition) is 4. The monoisotopic (exact) mass is 413 g/mol. The van der Waals surface area contributed by atoms with Crippen molar-refractivity contribution in [1.29, 1.82) is 0 Å². The maximum atomic E-state index is 12.5. The molecule has 2 aromatic carbocycles. The zero-order valence-electron chi connectivity index (χ0n) is 16.5. The molecule has 5 nitrogen and oxygen atoms in total. The summed E-state index contributed by atoms with van der Waals surface area (Å²) in [6.07, 6.45) is 0.780. The number of carboxylic acid groups (broad SMARTS) is 1. The first-order valence-electron chi connectivity index (χ1n) is 9.64. The first kappa shape index (κ1) is 21.0. The van der Waals surface area contributed by atoms with Crippen molar-refractivity contribution in [2.75, 3.05) is 0 Å². The number of carbonyl (C=O) groups excluding carboxylic acids is 2. The maximum Gasteiger partial charge on any atom is 1.00 e. The fourth-order valence-corrected chi connectivity index (χ4v) is 5.22. The van der Waals surface area contributed by atoms with E-state index in [1.807, 2.05) is 42.5 Å². The first-order valence-corrected chi connectivity index (χ1v) is 9.64. The molecule has 1 aliphatic carbocycles. The van der Waals surface area contributed by atoms with Crippen LogP contribution in [-0.2, 0) is 16.0 Å². The second-order valence-electron chi connectivity index (χ2n) is 7.90. The van der Waals surface area contributed by atoms with Gasteiger partial charge in [-0.25, -0.2) is 0 Å². The summed E-state index contributed by atoms with van der Waals surface area (Å²) in [4.78, 5) is 25.8. The van der Waals surface area contributed by atoms with Crippen LogP contribution in [0.1, 0.15) is 24.5 Å². The zero-order valence-corrected chi connectivity index (χ0v) is 19.6. The van der Waals surface area contributed by atoms with E-state index in [4.69, 9.17) is 0 Å². The van der Waals surface area contributed by atoms with E-state index < -0.39 is 18.0 Å². The third-order valence-corrected chi connectivity index (χ3v) is 6.41. The fraction of sp³-hybridized carbons (Fsp3) is 0.304. The van der Waals surface area contributed by atoms with E-state index in [1.54, 1.807) is 6.92 Å². The van der Waals surface area contributed by atoms with Crippen molar-refractivity contribution in [3.8, 4) is 11.1 Å². The van der Waals surface area contributed by atoms with Crippen LogP contribution in [0.4, 0.5) is 0 Å². The molecule has 2 aliphatic heterocycles. The van der Waals surface area contributed by atoms with Gasteiger partial charge in [0.15, 0.2) is 0 Å². The molecule has 6 heteroatoms. The summed E-state index contributed by atoms with van der Waals surface area (Å²) in [6.45, 7) is 1.60. The Bertz CT molecular complexity index is 1030. The smallest absolute Gasteiger partial charge is 0.543 e. The van der Waals surface area contributed by atoms with Gasteiger partial charge in [-0.15, -0.1) is 0 Å². The average molecular weight is 414 g/mol. The van der Waals surface area contributed by atoms with Crippen molar-refractivity contribution in [2.45, 2.75) is 31.9 Å². The number of aliphatic hydroxyl groups is 1. The third-order valence-electron chi connectivity index (χ3n) is 6.41. The number of aliphatic carboxylic acids is 1. The molecule has 29 heavy (non-hydrogen) atoms. The van der Waals surface area contributed by atoms with E-state index in [0.717, 1.165) is 35.1 Å². The molecule has 2 heterocycles. The molecule has 142 valence electrons. The van der Waals surface area contributed by atoms with Crippen LogP contribution in [0, 0.1) is 11.8 Å². The van der Waals surface area contributed by atoms with Crippen LogP contribution in [-0.4, -0.2) is 34.0 Å². The number of benzene rings is 2. The van der Waals surface area contributed by atoms with Crippen molar-refractivity contribution in [1.82, 2.24) is 4.90 Å². The zero-order chi connectivity index (χ0) is 19.6. The molecular weight excluding hydrogens is 393 g/mol. The Morgan fingerprint density at radius 1 is 1.17 bits per heavy atom. The van der Waals surface area contributed by atoms with E-state index in [-0.39, 0.29) is 74.9 Å². The van der Waals surface area contributed by atoms with Gasteiger partial charge in [0, 0.05) is 5.92 Å². The number of aliphatic hydroxyl groups excluding tert-OH is 1. The minimum absolute atomic E-state index is 0. The summed E-state index contributed by atoms with van der Waals surface area (Å²) in [5, 5.41) is 22.0. The Morgan fingerprint density at radius 2 is 1.90 bits per heavy atom. The first-order chi connectivity index (χ1) is 13.5. The minimum Gasteiger partial charge on any atom is -0.543 e. The van der Waals surface area contributed by atoms with Gasteiger partial charge in [0.05, 0.1) is 29.7 Å². The van der Waals surface area contributed by atoms with Gasteiger partial charge in [0.2, 0.25) is 5.91 Å². The second-order valence-corrected chi connectivity index (χ2v) is 7.90. The SMILES string of the molecule is CC(O)C1C(=O)N2C(C(=O)[O-])=C3c4ccc(-c5ccccc5)cc4CC[C@@H]3C12.[K+]. The van der Waals surface area contributed by atoms with Crippen LogP contribution in [0.5, 0.6) is 0 Å². The standard InChI is InChI=1S/C23H21NO4.K/c1-12(25)18-20-17-10-8-15-11-14(13-5-3-2-4-6-13)7-9-16(15)19(17)21(23(27)28)24(20)22(18)26;/h2-7,9,11-12,17-18,20,25H,8,10H2,1H3,(H,27,28);/q;+1/p-1/t12?,17-,18?,20?;/m0./s1. The van der Waals surface area contributed by atoms with Crippen LogP contribution in [0.25, 0.3) is 16.7 Å². The summed E-state index contributed by atoms with van der Waals surface area (Å²) in [5.41, 5.74) is 4.87. The molecule has 1 amide bonds. The molecule has 1 saturated heterocycles. The Hall–Kier alpha value is -1.28. The second kappa shape index (κ2) is 7.76. The van der Waals surface area contributed by atoms with Crippen LogP contribution in [0.15, 0.2) is 54.2 Å². The molecule has 0 saturated carbocycles. The van der Waals surface area contributed by atoms with Gasteiger partial charge >= 0.3 is 51.4 Å². The maximum absolute atomic E-state index is 12.5. The quantitative estimate of drug-likeness (QED) is 0.496. The normalized spacial score (nSPS) is 25.4. The molecule has 3 aliphatic rings. The van der Waals surface area contributed by atoms with Crippen LogP contribution in [0.3, 0.4) is 0 Å². The summed E-state index contributed by atoms with van der Waals surface area (Å²) in [5.74, 6) is -2.24. The molecule has 0 aromatic heterocycles. The summed E-state index contributed by atoms with van der Waals surface area (Å²) in [6, 6.07) is 15.9. The van der Waals surface area contributed by atoms with Gasteiger partial charge in [0.1, 0.15) is 0 Å². The molecule has 1 fully saturated rings. The average Bonchev–Trinajstić information content (AvgIpc) is 2.99. The number of nitrogens with zero attached hydrogens (tertiary/aromatic N) is 1. The number of carbonyl (C=O) groups is 2. The van der Waals surface area contributed by atoms with E-state index in [2.05, 4.69) is 6.07 Å². The number of fused-ring (bicyclic) bond motifs is 5. The molecule has 4 atom stereocenters. The summed E-state index contributed by atoms with van der Waals surface area (Å²) in [7, 11) is 0. The van der Waals surface area contributed by atoms with E-state index in [1.165, 1.54) is 4.90 Å². The van der Waals surface area contributed by atoms with Crippen LogP contribution in [0.2, 0.25) is 0 Å². The predicted molar refractivity (Wildman–Crippen MR) is 101 cm³/mol. The molecule has 0 bridgehead atoms. The van der Waals surface area contributed by atoms with Gasteiger partial charge in [-0.05, 0) is 47.6 Å². The van der Waals surface area contributed by atoms with Crippen LogP contribution >= 0.6 is 0 Å². The number of aryl methyl sites for hydroxylation is 1. The molecular formula is C23H20KNO4. The van der Waals surface area contributed by atoms with Gasteiger partial charge in [-0.3, -0.25) is 4.79 Å². The van der Waals surface area contributed by atoms with Crippen molar-refractivity contribution < 1.29 is 71.2 Å². The van der Waals surface area contributed by atoms with Crippen molar-refractivity contribution in [3.63, 3.8) is 0 Å². The van der Waals surface area contributed by atoms with Crippen molar-refractivity contribution in [2.24, 2.45) is 11.8 Å². The molecule has 3 unspecified atom stereocenters. The number of hydrogen-bond donors (Lipinski definition) is 1. The van der Waals surface area contributed by atoms with Crippen molar-refractivity contribution >= 4 is 17.4 Å². The predicted octanol–water partition coefficient (Wildman–Crippen LogP) is -1.40. The van der Waals surface area contributed by atoms with Crippen molar-refractivity contribution in [3.05, 3.63) is 65.4 Å². The van der Waals surface area contributed by atoms with Gasteiger partial charge < -0.3 is 19.9 Å². The molecule has 5 rings (SSSR count). The van der Waals surface area contributed by atoms with Gasteiger partial charge in [0.25, 0.3) is 0 Å².